The Morgan fingerprint density at radius 3 is 3.00 bits per heavy atom. The smallest absolute Gasteiger partial charge is 0.115 e. The van der Waals surface area contributed by atoms with Crippen LogP contribution < -0.4 is 0 Å². The molecule has 0 aliphatic carbocycles. The maximum atomic E-state index is 4.92. The predicted molar refractivity (Wildman–Crippen MR) is 37.5 cm³/mol. The fourth-order valence-corrected chi connectivity index (χ4v) is 0.712. The van der Waals surface area contributed by atoms with Gasteiger partial charge in [-0.2, -0.15) is 0 Å². The van der Waals surface area contributed by atoms with Crippen molar-refractivity contribution in [3.8, 4) is 0 Å². The van der Waals surface area contributed by atoms with E-state index in [9.17, 15) is 0 Å². The van der Waals surface area contributed by atoms with E-state index in [2.05, 4.69) is 9.97 Å². The molecule has 0 aromatic carbocycles. The second-order valence-electron chi connectivity index (χ2n) is 2.09. The summed E-state index contributed by atoms with van der Waals surface area (Å²) in [5.74, 6) is 0. The van der Waals surface area contributed by atoms with Crippen molar-refractivity contribution in [2.75, 3.05) is 7.11 Å². The summed E-state index contributed by atoms with van der Waals surface area (Å²) in [7, 11) is 1.65. The first-order valence-corrected chi connectivity index (χ1v) is 3.09. The lowest BCUT2D eigenvalue weighted by Gasteiger charge is -1.99. The zero-order chi connectivity index (χ0) is 7.40. The monoisotopic (exact) mass is 138 g/mol. The highest BCUT2D eigenvalue weighted by Crippen LogP contribution is 2.01. The molecule has 1 aromatic rings. The lowest BCUT2D eigenvalue weighted by molar-refractivity contribution is 0.181. The molecule has 0 unspecified atom stereocenters. The summed E-state index contributed by atoms with van der Waals surface area (Å²) >= 11 is 0. The standard InChI is InChI=1S/C7H10N2O/c1-6-3-8-5-9-7(6)4-10-2/h3,5H,4H2,1-2H3. The average molecular weight is 138 g/mol. The minimum absolute atomic E-state index is 0.564. The van der Waals surface area contributed by atoms with Crippen LogP contribution in [0.25, 0.3) is 0 Å². The maximum Gasteiger partial charge on any atom is 0.115 e. The van der Waals surface area contributed by atoms with E-state index in [1.54, 1.807) is 13.3 Å². The molecular formula is C7H10N2O. The molecule has 0 fully saturated rings. The van der Waals surface area contributed by atoms with Crippen molar-refractivity contribution in [1.82, 2.24) is 9.97 Å². The van der Waals surface area contributed by atoms with Crippen LogP contribution in [0.3, 0.4) is 0 Å². The molecule has 0 N–H and O–H groups in total. The average Bonchev–Trinajstić information content (AvgIpc) is 1.94. The molecule has 0 aliphatic rings. The Kier molecular flexibility index (Phi) is 2.34. The molecule has 0 saturated heterocycles. The first kappa shape index (κ1) is 7.15. The summed E-state index contributed by atoms with van der Waals surface area (Å²) in [5.41, 5.74) is 2.03. The normalized spacial score (nSPS) is 9.80. The molecule has 0 atom stereocenters. The second-order valence-corrected chi connectivity index (χ2v) is 2.09. The third-order valence-corrected chi connectivity index (χ3v) is 1.28. The molecular weight excluding hydrogens is 128 g/mol. The van der Waals surface area contributed by atoms with Crippen LogP contribution >= 0.6 is 0 Å². The molecule has 10 heavy (non-hydrogen) atoms. The number of nitrogens with zero attached hydrogens (tertiary/aromatic N) is 2. The number of ether oxygens (including phenoxy) is 1. The lowest BCUT2D eigenvalue weighted by atomic mass is 10.3. The predicted octanol–water partition coefficient (Wildman–Crippen LogP) is 0.931. The largest absolute Gasteiger partial charge is 0.378 e. The summed E-state index contributed by atoms with van der Waals surface area (Å²) in [6, 6.07) is 0. The number of rotatable bonds is 2. The highest BCUT2D eigenvalue weighted by molar-refractivity contribution is 5.11. The molecule has 0 saturated carbocycles. The zero-order valence-electron chi connectivity index (χ0n) is 6.16. The van der Waals surface area contributed by atoms with E-state index >= 15 is 0 Å². The molecule has 54 valence electrons. The van der Waals surface area contributed by atoms with Gasteiger partial charge in [-0.15, -0.1) is 0 Å². The molecule has 0 amide bonds. The summed E-state index contributed by atoms with van der Waals surface area (Å²) < 4.78 is 4.92. The third kappa shape index (κ3) is 1.51. The van der Waals surface area contributed by atoms with Crippen molar-refractivity contribution in [3.05, 3.63) is 23.8 Å². The van der Waals surface area contributed by atoms with E-state index in [1.165, 1.54) is 6.33 Å². The summed E-state index contributed by atoms with van der Waals surface area (Å²) in [4.78, 5) is 7.89. The molecule has 1 heterocycles. The number of aryl methyl sites for hydroxylation is 1. The number of aromatic nitrogens is 2. The number of hydrogen-bond donors (Lipinski definition) is 0. The van der Waals surface area contributed by atoms with Crippen LogP contribution in [0.5, 0.6) is 0 Å². The van der Waals surface area contributed by atoms with E-state index in [1.807, 2.05) is 6.92 Å². The van der Waals surface area contributed by atoms with Gasteiger partial charge in [-0.3, -0.25) is 0 Å². The van der Waals surface area contributed by atoms with Crippen LogP contribution in [0.2, 0.25) is 0 Å². The third-order valence-electron chi connectivity index (χ3n) is 1.28. The van der Waals surface area contributed by atoms with Gasteiger partial charge in [-0.1, -0.05) is 0 Å². The molecule has 0 radical (unpaired) electrons. The molecule has 3 heteroatoms. The van der Waals surface area contributed by atoms with Gasteiger partial charge in [0.1, 0.15) is 6.33 Å². The molecule has 0 bridgehead atoms. The number of methoxy groups -OCH3 is 1. The van der Waals surface area contributed by atoms with E-state index in [4.69, 9.17) is 4.74 Å². The van der Waals surface area contributed by atoms with Gasteiger partial charge >= 0.3 is 0 Å². The Morgan fingerprint density at radius 2 is 2.40 bits per heavy atom. The molecule has 3 nitrogen and oxygen atoms in total. The van der Waals surface area contributed by atoms with E-state index in [0.29, 0.717) is 6.61 Å². The number of hydrogen-bond acceptors (Lipinski definition) is 3. The Morgan fingerprint density at radius 1 is 1.60 bits per heavy atom. The molecule has 0 spiro atoms. The van der Waals surface area contributed by atoms with Crippen molar-refractivity contribution in [2.24, 2.45) is 0 Å². The zero-order valence-corrected chi connectivity index (χ0v) is 6.16. The van der Waals surface area contributed by atoms with Gasteiger partial charge in [0, 0.05) is 13.3 Å². The van der Waals surface area contributed by atoms with Crippen LogP contribution in [-0.2, 0) is 11.3 Å². The fourth-order valence-electron chi connectivity index (χ4n) is 0.712. The highest BCUT2D eigenvalue weighted by atomic mass is 16.5. The quantitative estimate of drug-likeness (QED) is 0.609. The molecule has 1 rings (SSSR count). The van der Waals surface area contributed by atoms with Crippen LogP contribution in [0, 0.1) is 6.92 Å². The van der Waals surface area contributed by atoms with Gasteiger partial charge in [0.05, 0.1) is 12.3 Å². The summed E-state index contributed by atoms with van der Waals surface area (Å²) in [6.07, 6.45) is 3.31. The first-order valence-electron chi connectivity index (χ1n) is 3.09. The SMILES string of the molecule is COCc1ncncc1C. The summed E-state index contributed by atoms with van der Waals surface area (Å²) in [6.45, 7) is 2.53. The van der Waals surface area contributed by atoms with E-state index in [-0.39, 0.29) is 0 Å². The van der Waals surface area contributed by atoms with Gasteiger partial charge in [0.15, 0.2) is 0 Å². The summed E-state index contributed by atoms with van der Waals surface area (Å²) in [5, 5.41) is 0. The van der Waals surface area contributed by atoms with Crippen molar-refractivity contribution >= 4 is 0 Å². The van der Waals surface area contributed by atoms with Crippen LogP contribution in [0.15, 0.2) is 12.5 Å². The van der Waals surface area contributed by atoms with Gasteiger partial charge < -0.3 is 4.74 Å². The van der Waals surface area contributed by atoms with Gasteiger partial charge in [0.2, 0.25) is 0 Å². The Hall–Kier alpha value is -0.960. The molecule has 0 aliphatic heterocycles. The Labute approximate surface area is 60.1 Å². The highest BCUT2D eigenvalue weighted by Gasteiger charge is 1.95. The minimum Gasteiger partial charge on any atom is -0.378 e. The Bertz CT molecular complexity index is 213. The first-order chi connectivity index (χ1) is 4.84. The van der Waals surface area contributed by atoms with Crippen LogP contribution in [0.4, 0.5) is 0 Å². The van der Waals surface area contributed by atoms with Gasteiger partial charge in [-0.25, -0.2) is 9.97 Å². The van der Waals surface area contributed by atoms with E-state index in [0.717, 1.165) is 11.3 Å². The molecule has 1 aromatic heterocycles. The maximum absolute atomic E-state index is 4.92. The second kappa shape index (κ2) is 3.27. The van der Waals surface area contributed by atoms with Crippen molar-refractivity contribution in [3.63, 3.8) is 0 Å². The lowest BCUT2D eigenvalue weighted by Crippen LogP contribution is -1.95. The minimum atomic E-state index is 0.564. The topological polar surface area (TPSA) is 35.0 Å². The van der Waals surface area contributed by atoms with Crippen LogP contribution in [-0.4, -0.2) is 17.1 Å². The fraction of sp³-hybridized carbons (Fsp3) is 0.429. The van der Waals surface area contributed by atoms with Gasteiger partial charge in [0.25, 0.3) is 0 Å². The van der Waals surface area contributed by atoms with E-state index < -0.39 is 0 Å². The Balaban J connectivity index is 2.81. The van der Waals surface area contributed by atoms with Crippen LogP contribution in [0.1, 0.15) is 11.3 Å². The van der Waals surface area contributed by atoms with Gasteiger partial charge in [-0.05, 0) is 12.5 Å². The van der Waals surface area contributed by atoms with Crippen molar-refractivity contribution in [2.45, 2.75) is 13.5 Å². The van der Waals surface area contributed by atoms with Crippen molar-refractivity contribution in [1.29, 1.82) is 0 Å². The van der Waals surface area contributed by atoms with Crippen molar-refractivity contribution < 1.29 is 4.74 Å².